The molecule has 0 spiro atoms. The van der Waals surface area contributed by atoms with Crippen molar-refractivity contribution in [2.75, 3.05) is 0 Å². The van der Waals surface area contributed by atoms with E-state index >= 15 is 0 Å². The Morgan fingerprint density at radius 2 is 1.88 bits per heavy atom. The summed E-state index contributed by atoms with van der Waals surface area (Å²) in [5.41, 5.74) is 1.70. The molecule has 2 aromatic rings. The van der Waals surface area contributed by atoms with E-state index in [0.29, 0.717) is 11.3 Å². The minimum Gasteiger partial charge on any atom is -0.276 e. The molecule has 0 saturated carbocycles. The summed E-state index contributed by atoms with van der Waals surface area (Å²) in [6.45, 7) is 0. The van der Waals surface area contributed by atoms with Crippen LogP contribution in [0.5, 0.6) is 0 Å². The van der Waals surface area contributed by atoms with Crippen molar-refractivity contribution in [3.05, 3.63) is 54.0 Å². The van der Waals surface area contributed by atoms with E-state index in [1.807, 2.05) is 0 Å². The summed E-state index contributed by atoms with van der Waals surface area (Å²) >= 11 is 5.36. The van der Waals surface area contributed by atoms with E-state index in [-0.39, 0.29) is 5.82 Å². The molecule has 0 radical (unpaired) electrons. The maximum Gasteiger partial charge on any atom is 0.252 e. The fourth-order valence-corrected chi connectivity index (χ4v) is 1.45. The number of carbonyl (C=O) groups is 1. The molecule has 16 heavy (non-hydrogen) atoms. The number of pyridine rings is 1. The van der Waals surface area contributed by atoms with Crippen LogP contribution in [0, 0.1) is 5.82 Å². The van der Waals surface area contributed by atoms with Crippen LogP contribution >= 0.6 is 11.6 Å². The Bertz CT molecular complexity index is 525. The van der Waals surface area contributed by atoms with E-state index in [1.54, 1.807) is 18.2 Å². The maximum atomic E-state index is 12.7. The zero-order chi connectivity index (χ0) is 11.5. The summed E-state index contributed by atoms with van der Waals surface area (Å²) in [5.74, 6) is -0.312. The van der Waals surface area contributed by atoms with Gasteiger partial charge in [0, 0.05) is 17.3 Å². The van der Waals surface area contributed by atoms with Crippen LogP contribution < -0.4 is 0 Å². The Balaban J connectivity index is 2.44. The fourth-order valence-electron chi connectivity index (χ4n) is 1.33. The van der Waals surface area contributed by atoms with Gasteiger partial charge in [0.2, 0.25) is 0 Å². The van der Waals surface area contributed by atoms with Crippen LogP contribution in [0.25, 0.3) is 11.3 Å². The second-order valence-corrected chi connectivity index (χ2v) is 3.55. The molecule has 0 atom stereocenters. The van der Waals surface area contributed by atoms with E-state index in [0.717, 1.165) is 5.56 Å². The smallest absolute Gasteiger partial charge is 0.252 e. The lowest BCUT2D eigenvalue weighted by Crippen LogP contribution is -1.91. The third kappa shape index (κ3) is 2.25. The van der Waals surface area contributed by atoms with Gasteiger partial charge in [0.25, 0.3) is 5.24 Å². The van der Waals surface area contributed by atoms with Crippen LogP contribution in [0.15, 0.2) is 42.6 Å². The molecule has 1 heterocycles. The Hall–Kier alpha value is -1.74. The van der Waals surface area contributed by atoms with Crippen molar-refractivity contribution in [3.8, 4) is 11.3 Å². The summed E-state index contributed by atoms with van der Waals surface area (Å²) in [7, 11) is 0. The molecule has 1 aromatic heterocycles. The Morgan fingerprint density at radius 3 is 2.50 bits per heavy atom. The van der Waals surface area contributed by atoms with Gasteiger partial charge in [-0.25, -0.2) is 4.39 Å². The van der Waals surface area contributed by atoms with Crippen molar-refractivity contribution in [1.82, 2.24) is 4.98 Å². The average molecular weight is 236 g/mol. The number of aromatic nitrogens is 1. The number of carbonyl (C=O) groups excluding carboxylic acids is 1. The predicted molar refractivity (Wildman–Crippen MR) is 59.8 cm³/mol. The molecule has 80 valence electrons. The van der Waals surface area contributed by atoms with E-state index in [4.69, 9.17) is 11.6 Å². The van der Waals surface area contributed by atoms with Gasteiger partial charge >= 0.3 is 0 Å². The van der Waals surface area contributed by atoms with Crippen LogP contribution in [0.4, 0.5) is 4.39 Å². The lowest BCUT2D eigenvalue weighted by molar-refractivity contribution is 0.108. The molecular formula is C12H7ClFNO. The lowest BCUT2D eigenvalue weighted by Gasteiger charge is -2.01. The first-order valence-electron chi connectivity index (χ1n) is 4.58. The summed E-state index contributed by atoms with van der Waals surface area (Å²) in [5, 5.41) is -0.536. The summed E-state index contributed by atoms with van der Waals surface area (Å²) in [6.07, 6.45) is 1.49. The standard InChI is InChI=1S/C12H7ClFNO/c13-12(16)9-5-6-15-11(7-9)8-1-3-10(14)4-2-8/h1-7H. The van der Waals surface area contributed by atoms with Gasteiger partial charge in [0.05, 0.1) is 5.69 Å². The molecule has 0 aliphatic heterocycles. The molecule has 0 amide bonds. The van der Waals surface area contributed by atoms with Crippen LogP contribution in [-0.4, -0.2) is 10.2 Å². The summed E-state index contributed by atoms with van der Waals surface area (Å²) in [6, 6.07) is 8.98. The highest BCUT2D eigenvalue weighted by molar-refractivity contribution is 6.67. The number of rotatable bonds is 2. The minimum atomic E-state index is -0.536. The first-order chi connectivity index (χ1) is 7.66. The lowest BCUT2D eigenvalue weighted by atomic mass is 10.1. The Labute approximate surface area is 96.7 Å². The first kappa shape index (κ1) is 10.8. The largest absolute Gasteiger partial charge is 0.276 e. The highest BCUT2D eigenvalue weighted by Gasteiger charge is 2.05. The van der Waals surface area contributed by atoms with Gasteiger partial charge in [-0.2, -0.15) is 0 Å². The van der Waals surface area contributed by atoms with Crippen molar-refractivity contribution in [2.24, 2.45) is 0 Å². The fraction of sp³-hybridized carbons (Fsp3) is 0. The number of hydrogen-bond acceptors (Lipinski definition) is 2. The molecule has 0 aliphatic rings. The molecule has 0 fully saturated rings. The van der Waals surface area contributed by atoms with Gasteiger partial charge in [-0.3, -0.25) is 9.78 Å². The van der Waals surface area contributed by atoms with Gasteiger partial charge in [0.1, 0.15) is 5.82 Å². The second kappa shape index (κ2) is 4.41. The minimum absolute atomic E-state index is 0.312. The molecule has 4 heteroatoms. The normalized spacial score (nSPS) is 10.1. The van der Waals surface area contributed by atoms with Gasteiger partial charge < -0.3 is 0 Å². The van der Waals surface area contributed by atoms with E-state index < -0.39 is 5.24 Å². The number of halogens is 2. The van der Waals surface area contributed by atoms with Crippen LogP contribution in [-0.2, 0) is 0 Å². The van der Waals surface area contributed by atoms with Crippen molar-refractivity contribution in [3.63, 3.8) is 0 Å². The molecular weight excluding hydrogens is 229 g/mol. The van der Waals surface area contributed by atoms with E-state index in [1.165, 1.54) is 24.4 Å². The predicted octanol–water partition coefficient (Wildman–Crippen LogP) is 3.27. The number of benzene rings is 1. The molecule has 0 aliphatic carbocycles. The molecule has 1 aromatic carbocycles. The molecule has 2 nitrogen and oxygen atoms in total. The van der Waals surface area contributed by atoms with Crippen molar-refractivity contribution in [1.29, 1.82) is 0 Å². The SMILES string of the molecule is O=C(Cl)c1ccnc(-c2ccc(F)cc2)c1. The molecule has 0 N–H and O–H groups in total. The quantitative estimate of drug-likeness (QED) is 0.748. The van der Waals surface area contributed by atoms with Crippen molar-refractivity contribution in [2.45, 2.75) is 0 Å². The van der Waals surface area contributed by atoms with Gasteiger partial charge in [0.15, 0.2) is 0 Å². The molecule has 0 bridgehead atoms. The van der Waals surface area contributed by atoms with Crippen molar-refractivity contribution < 1.29 is 9.18 Å². The third-order valence-corrected chi connectivity index (χ3v) is 2.35. The third-order valence-electron chi connectivity index (χ3n) is 2.13. The highest BCUT2D eigenvalue weighted by atomic mass is 35.5. The number of nitrogens with zero attached hydrogens (tertiary/aromatic N) is 1. The first-order valence-corrected chi connectivity index (χ1v) is 4.96. The second-order valence-electron chi connectivity index (χ2n) is 3.21. The van der Waals surface area contributed by atoms with Gasteiger partial charge in [-0.15, -0.1) is 0 Å². The van der Waals surface area contributed by atoms with E-state index in [9.17, 15) is 9.18 Å². The average Bonchev–Trinajstić information content (AvgIpc) is 2.30. The van der Waals surface area contributed by atoms with Crippen molar-refractivity contribution >= 4 is 16.8 Å². The Kier molecular flexibility index (Phi) is 2.97. The topological polar surface area (TPSA) is 30.0 Å². The number of hydrogen-bond donors (Lipinski definition) is 0. The molecule has 0 unspecified atom stereocenters. The zero-order valence-electron chi connectivity index (χ0n) is 8.15. The Morgan fingerprint density at radius 1 is 1.19 bits per heavy atom. The van der Waals surface area contributed by atoms with Gasteiger partial charge in [-0.05, 0) is 48.0 Å². The van der Waals surface area contributed by atoms with Gasteiger partial charge in [-0.1, -0.05) is 0 Å². The van der Waals surface area contributed by atoms with Crippen LogP contribution in [0.1, 0.15) is 10.4 Å². The molecule has 2 rings (SSSR count). The summed E-state index contributed by atoms with van der Waals surface area (Å²) < 4.78 is 12.7. The molecule has 0 saturated heterocycles. The zero-order valence-corrected chi connectivity index (χ0v) is 8.91. The summed E-state index contributed by atoms with van der Waals surface area (Å²) in [4.78, 5) is 15.0. The van der Waals surface area contributed by atoms with Crippen LogP contribution in [0.3, 0.4) is 0 Å². The van der Waals surface area contributed by atoms with E-state index in [2.05, 4.69) is 4.98 Å². The van der Waals surface area contributed by atoms with Crippen LogP contribution in [0.2, 0.25) is 0 Å². The maximum absolute atomic E-state index is 12.7. The monoisotopic (exact) mass is 235 g/mol. The highest BCUT2D eigenvalue weighted by Crippen LogP contribution is 2.18.